The number of morpholine rings is 1. The Bertz CT molecular complexity index is 269. The predicted molar refractivity (Wildman–Crippen MR) is 69.6 cm³/mol. The molecule has 1 unspecified atom stereocenters. The van der Waals surface area contributed by atoms with Crippen LogP contribution in [0.15, 0.2) is 0 Å². The van der Waals surface area contributed by atoms with E-state index >= 15 is 0 Å². The van der Waals surface area contributed by atoms with Gasteiger partial charge in [-0.1, -0.05) is 0 Å². The van der Waals surface area contributed by atoms with Crippen molar-refractivity contribution in [1.29, 1.82) is 0 Å². The minimum atomic E-state index is 0.105. The van der Waals surface area contributed by atoms with Crippen LogP contribution in [0.5, 0.6) is 0 Å². The molecule has 2 aliphatic heterocycles. The number of nitrogens with one attached hydrogen (secondary N) is 2. The maximum Gasteiger partial charge on any atom is 0.234 e. The van der Waals surface area contributed by atoms with Crippen LogP contribution in [-0.2, 0) is 9.53 Å². The maximum absolute atomic E-state index is 11.8. The number of piperazine rings is 1. The summed E-state index contributed by atoms with van der Waals surface area (Å²) in [4.78, 5) is 16.2. The molecule has 2 saturated heterocycles. The first-order valence-corrected chi connectivity index (χ1v) is 6.74. The molecule has 2 fully saturated rings. The Hall–Kier alpha value is -0.690. The Kier molecular flexibility index (Phi) is 5.37. The molecule has 104 valence electrons. The SMILES string of the molecule is CN1CCOC(CNC(=O)CN2CCNCC2)C1. The molecule has 2 heterocycles. The highest BCUT2D eigenvalue weighted by Crippen LogP contribution is 2.01. The summed E-state index contributed by atoms with van der Waals surface area (Å²) in [5, 5.41) is 6.25. The van der Waals surface area contributed by atoms with Gasteiger partial charge in [0.25, 0.3) is 0 Å². The number of carbonyl (C=O) groups is 1. The van der Waals surface area contributed by atoms with Crippen molar-refractivity contribution in [3.8, 4) is 0 Å². The first-order valence-electron chi connectivity index (χ1n) is 6.74. The van der Waals surface area contributed by atoms with Crippen LogP contribution in [0.1, 0.15) is 0 Å². The largest absolute Gasteiger partial charge is 0.374 e. The minimum Gasteiger partial charge on any atom is -0.374 e. The van der Waals surface area contributed by atoms with Crippen LogP contribution < -0.4 is 10.6 Å². The quantitative estimate of drug-likeness (QED) is 0.630. The molecule has 0 radical (unpaired) electrons. The zero-order valence-electron chi connectivity index (χ0n) is 11.2. The average molecular weight is 256 g/mol. The highest BCUT2D eigenvalue weighted by Gasteiger charge is 2.19. The maximum atomic E-state index is 11.8. The second-order valence-corrected chi connectivity index (χ2v) is 5.09. The molecule has 2 aliphatic rings. The predicted octanol–water partition coefficient (Wildman–Crippen LogP) is -1.66. The first kappa shape index (κ1) is 13.7. The van der Waals surface area contributed by atoms with Crippen molar-refractivity contribution >= 4 is 5.91 Å². The summed E-state index contributed by atoms with van der Waals surface area (Å²) in [6.07, 6.45) is 0.135. The van der Waals surface area contributed by atoms with Crippen molar-refractivity contribution in [2.24, 2.45) is 0 Å². The summed E-state index contributed by atoms with van der Waals surface area (Å²) in [6, 6.07) is 0. The lowest BCUT2D eigenvalue weighted by Gasteiger charge is -2.30. The van der Waals surface area contributed by atoms with E-state index in [1.807, 2.05) is 0 Å². The Morgan fingerprint density at radius 2 is 2.17 bits per heavy atom. The molecule has 2 N–H and O–H groups in total. The van der Waals surface area contributed by atoms with Crippen LogP contribution in [0.4, 0.5) is 0 Å². The molecular formula is C12H24N4O2. The number of carbonyl (C=O) groups excluding carboxylic acids is 1. The van der Waals surface area contributed by atoms with Crippen molar-refractivity contribution < 1.29 is 9.53 Å². The Labute approximate surface area is 109 Å². The van der Waals surface area contributed by atoms with E-state index in [9.17, 15) is 4.79 Å². The minimum absolute atomic E-state index is 0.105. The fraction of sp³-hybridized carbons (Fsp3) is 0.917. The monoisotopic (exact) mass is 256 g/mol. The molecule has 0 aromatic heterocycles. The molecule has 0 aliphatic carbocycles. The lowest BCUT2D eigenvalue weighted by molar-refractivity contribution is -0.123. The van der Waals surface area contributed by atoms with E-state index < -0.39 is 0 Å². The van der Waals surface area contributed by atoms with E-state index in [0.29, 0.717) is 13.1 Å². The van der Waals surface area contributed by atoms with Crippen molar-refractivity contribution in [3.05, 3.63) is 0 Å². The van der Waals surface area contributed by atoms with Gasteiger partial charge >= 0.3 is 0 Å². The van der Waals surface area contributed by atoms with Crippen LogP contribution in [0.25, 0.3) is 0 Å². The van der Waals surface area contributed by atoms with Gasteiger partial charge in [-0.2, -0.15) is 0 Å². The zero-order valence-corrected chi connectivity index (χ0v) is 11.2. The molecule has 0 saturated carbocycles. The number of amides is 1. The van der Waals surface area contributed by atoms with Crippen LogP contribution in [0.3, 0.4) is 0 Å². The molecule has 18 heavy (non-hydrogen) atoms. The molecule has 1 amide bonds. The van der Waals surface area contributed by atoms with E-state index in [1.165, 1.54) is 0 Å². The normalized spacial score (nSPS) is 27.1. The zero-order chi connectivity index (χ0) is 12.8. The highest BCUT2D eigenvalue weighted by molar-refractivity contribution is 5.78. The van der Waals surface area contributed by atoms with E-state index in [1.54, 1.807) is 0 Å². The second-order valence-electron chi connectivity index (χ2n) is 5.09. The molecule has 6 heteroatoms. The summed E-state index contributed by atoms with van der Waals surface area (Å²) in [5.41, 5.74) is 0. The van der Waals surface area contributed by atoms with Crippen molar-refractivity contribution in [3.63, 3.8) is 0 Å². The third kappa shape index (κ3) is 4.53. The van der Waals surface area contributed by atoms with E-state index in [0.717, 1.165) is 45.9 Å². The van der Waals surface area contributed by atoms with Gasteiger partial charge in [0, 0.05) is 45.8 Å². The molecule has 0 spiro atoms. The fourth-order valence-electron chi connectivity index (χ4n) is 2.35. The molecule has 2 rings (SSSR count). The molecule has 0 aromatic rings. The lowest BCUT2D eigenvalue weighted by atomic mass is 10.3. The Balaban J connectivity index is 1.61. The first-order chi connectivity index (χ1) is 8.74. The third-order valence-electron chi connectivity index (χ3n) is 3.45. The van der Waals surface area contributed by atoms with E-state index in [2.05, 4.69) is 27.5 Å². The van der Waals surface area contributed by atoms with Gasteiger partial charge < -0.3 is 20.3 Å². The van der Waals surface area contributed by atoms with Gasteiger partial charge in [0.05, 0.1) is 19.3 Å². The van der Waals surface area contributed by atoms with Crippen LogP contribution in [0.2, 0.25) is 0 Å². The highest BCUT2D eigenvalue weighted by atomic mass is 16.5. The van der Waals surface area contributed by atoms with E-state index in [4.69, 9.17) is 4.74 Å². The van der Waals surface area contributed by atoms with Crippen molar-refractivity contribution in [2.45, 2.75) is 6.10 Å². The summed E-state index contributed by atoms with van der Waals surface area (Å²) >= 11 is 0. The number of hydrogen-bond acceptors (Lipinski definition) is 5. The van der Waals surface area contributed by atoms with Crippen molar-refractivity contribution in [2.75, 3.05) is 66.0 Å². The smallest absolute Gasteiger partial charge is 0.234 e. The standard InChI is InChI=1S/C12H24N4O2/c1-15-6-7-18-11(9-15)8-14-12(17)10-16-4-2-13-3-5-16/h11,13H,2-10H2,1H3,(H,14,17). The van der Waals surface area contributed by atoms with E-state index in [-0.39, 0.29) is 12.0 Å². The lowest BCUT2D eigenvalue weighted by Crippen LogP contribution is -2.50. The van der Waals surface area contributed by atoms with Crippen LogP contribution >= 0.6 is 0 Å². The Morgan fingerprint density at radius 1 is 1.39 bits per heavy atom. The van der Waals surface area contributed by atoms with Gasteiger partial charge in [-0.05, 0) is 7.05 Å². The van der Waals surface area contributed by atoms with Crippen LogP contribution in [-0.4, -0.2) is 87.8 Å². The van der Waals surface area contributed by atoms with Crippen molar-refractivity contribution in [1.82, 2.24) is 20.4 Å². The summed E-state index contributed by atoms with van der Waals surface area (Å²) < 4.78 is 5.61. The number of nitrogens with zero attached hydrogens (tertiary/aromatic N) is 2. The molecule has 0 aromatic carbocycles. The average Bonchev–Trinajstić information content (AvgIpc) is 2.38. The van der Waals surface area contributed by atoms with Gasteiger partial charge in [-0.25, -0.2) is 0 Å². The number of rotatable bonds is 4. The van der Waals surface area contributed by atoms with Gasteiger partial charge in [0.15, 0.2) is 0 Å². The van der Waals surface area contributed by atoms with Gasteiger partial charge in [0.1, 0.15) is 0 Å². The van der Waals surface area contributed by atoms with Gasteiger partial charge in [-0.15, -0.1) is 0 Å². The van der Waals surface area contributed by atoms with Gasteiger partial charge in [0.2, 0.25) is 5.91 Å². The number of hydrogen-bond donors (Lipinski definition) is 2. The summed E-state index contributed by atoms with van der Waals surface area (Å²) in [5.74, 6) is 0.105. The number of ether oxygens (including phenoxy) is 1. The summed E-state index contributed by atoms with van der Waals surface area (Å²) in [6.45, 7) is 7.62. The molecule has 0 bridgehead atoms. The second kappa shape index (κ2) is 7.04. The number of likely N-dealkylation sites (N-methyl/N-ethyl adjacent to an activating group) is 1. The molecule has 6 nitrogen and oxygen atoms in total. The Morgan fingerprint density at radius 3 is 2.89 bits per heavy atom. The van der Waals surface area contributed by atoms with Crippen LogP contribution in [0, 0.1) is 0 Å². The molecular weight excluding hydrogens is 232 g/mol. The summed E-state index contributed by atoms with van der Waals surface area (Å²) in [7, 11) is 2.08. The fourth-order valence-corrected chi connectivity index (χ4v) is 2.35. The molecule has 1 atom stereocenters. The third-order valence-corrected chi connectivity index (χ3v) is 3.45. The topological polar surface area (TPSA) is 56.8 Å². The van der Waals surface area contributed by atoms with Gasteiger partial charge in [-0.3, -0.25) is 9.69 Å².